The first-order valence-electron chi connectivity index (χ1n) is 16.5. The van der Waals surface area contributed by atoms with Gasteiger partial charge in [0.1, 0.15) is 34.1 Å². The van der Waals surface area contributed by atoms with Crippen LogP contribution in [0.2, 0.25) is 0 Å². The molecule has 4 N–H and O–H groups in total. The molecule has 12 nitrogen and oxygen atoms in total. The Kier molecular flexibility index (Phi) is 17.2. The predicted octanol–water partition coefficient (Wildman–Crippen LogP) is 7.10. The molecule has 4 rings (SSSR count). The van der Waals surface area contributed by atoms with E-state index >= 15 is 0 Å². The van der Waals surface area contributed by atoms with Crippen LogP contribution in [0.5, 0.6) is 0 Å². The highest BCUT2D eigenvalue weighted by Gasteiger charge is 2.19. The number of hydrogen-bond donors (Lipinski definition) is 4. The highest BCUT2D eigenvalue weighted by Crippen LogP contribution is 2.26. The van der Waals surface area contributed by atoms with Crippen LogP contribution in [0.25, 0.3) is 11.3 Å². The van der Waals surface area contributed by atoms with E-state index in [-0.39, 0.29) is 18.7 Å². The van der Waals surface area contributed by atoms with Crippen molar-refractivity contribution in [3.8, 4) is 11.3 Å². The Morgan fingerprint density at radius 2 is 1.26 bits per heavy atom. The first-order valence-corrected chi connectivity index (χ1v) is 17.3. The van der Waals surface area contributed by atoms with E-state index in [4.69, 9.17) is 28.4 Å². The van der Waals surface area contributed by atoms with E-state index in [9.17, 15) is 9.59 Å². The fourth-order valence-electron chi connectivity index (χ4n) is 4.20. The maximum absolute atomic E-state index is 11.7. The average molecular weight is 758 g/mol. The Morgan fingerprint density at radius 3 is 1.76 bits per heavy atom. The van der Waals surface area contributed by atoms with E-state index in [2.05, 4.69) is 50.4 Å². The summed E-state index contributed by atoms with van der Waals surface area (Å²) >= 11 is 3.43. The summed E-state index contributed by atoms with van der Waals surface area (Å²) in [6.45, 7) is 15.5. The van der Waals surface area contributed by atoms with Crippen molar-refractivity contribution in [2.24, 2.45) is 0 Å². The summed E-state index contributed by atoms with van der Waals surface area (Å²) in [6.07, 6.45) is 10.6. The number of ether oxygens (including phenoxy) is 2. The molecule has 0 atom stereocenters. The number of aryl methyl sites for hydroxylation is 2. The number of nitrogens with one attached hydrogen (secondary N) is 2. The lowest BCUT2D eigenvalue weighted by Crippen LogP contribution is -2.32. The van der Waals surface area contributed by atoms with Crippen molar-refractivity contribution < 1.29 is 37.9 Å². The molecule has 4 aromatic heterocycles. The number of halogens is 1. The minimum absolute atomic E-state index is 0.0333. The van der Waals surface area contributed by atoms with Gasteiger partial charge in [0.25, 0.3) is 0 Å². The molecule has 272 valence electrons. The molecule has 0 unspecified atom stereocenters. The van der Waals surface area contributed by atoms with Gasteiger partial charge in [-0.3, -0.25) is 9.97 Å². The van der Waals surface area contributed by atoms with Crippen molar-refractivity contribution >= 4 is 40.9 Å². The van der Waals surface area contributed by atoms with E-state index in [0.29, 0.717) is 11.5 Å². The van der Waals surface area contributed by atoms with Gasteiger partial charge in [-0.25, -0.2) is 9.59 Å². The number of pyridine rings is 2. The highest BCUT2D eigenvalue weighted by molar-refractivity contribution is 9.10. The Labute approximate surface area is 303 Å². The number of aromatic nitrogens is 2. The van der Waals surface area contributed by atoms with Gasteiger partial charge in [-0.1, -0.05) is 26.7 Å². The van der Waals surface area contributed by atoms with Gasteiger partial charge in [-0.05, 0) is 118 Å². The average Bonchev–Trinajstić information content (AvgIpc) is 3.70. The molecule has 4 heterocycles. The Bertz CT molecular complexity index is 1610. The molecular weight excluding hydrogens is 707 g/mol. The van der Waals surface area contributed by atoms with E-state index in [1.54, 1.807) is 33.0 Å². The van der Waals surface area contributed by atoms with E-state index in [1.165, 1.54) is 23.6 Å². The lowest BCUT2D eigenvalue weighted by molar-refractivity contribution is 0.0509. The molecule has 0 bridgehead atoms. The van der Waals surface area contributed by atoms with E-state index in [1.807, 2.05) is 63.6 Å². The zero-order valence-corrected chi connectivity index (χ0v) is 31.8. The van der Waals surface area contributed by atoms with Crippen LogP contribution in [-0.4, -0.2) is 50.5 Å². The van der Waals surface area contributed by atoms with Crippen LogP contribution < -0.4 is 16.3 Å². The van der Waals surface area contributed by atoms with Crippen molar-refractivity contribution in [1.29, 1.82) is 0 Å². The lowest BCUT2D eigenvalue weighted by atomic mass is 9.88. The van der Waals surface area contributed by atoms with Gasteiger partial charge in [0, 0.05) is 34.8 Å². The zero-order valence-electron chi connectivity index (χ0n) is 30.2. The molecule has 50 heavy (non-hydrogen) atoms. The number of amides is 2. The van der Waals surface area contributed by atoms with E-state index in [0.717, 1.165) is 35.1 Å². The number of furan rings is 2. The normalized spacial score (nSPS) is 10.9. The maximum atomic E-state index is 11.7. The molecule has 2 amide bonds. The van der Waals surface area contributed by atoms with Gasteiger partial charge < -0.3 is 39.0 Å². The first-order chi connectivity index (χ1) is 23.5. The highest BCUT2D eigenvalue weighted by atomic mass is 79.9. The number of rotatable bonds is 10. The largest absolute Gasteiger partial charge is 0.526 e. The third-order valence-electron chi connectivity index (χ3n) is 6.28. The fraction of sp³-hybridized carbons (Fsp3) is 0.444. The van der Waals surface area contributed by atoms with Crippen molar-refractivity contribution in [3.63, 3.8) is 0 Å². The van der Waals surface area contributed by atoms with Crippen molar-refractivity contribution in [3.05, 3.63) is 88.3 Å². The number of nitrogens with zero attached hydrogens (tertiary/aromatic N) is 2. The molecule has 0 aromatic carbocycles. The van der Waals surface area contributed by atoms with Crippen LogP contribution in [0.3, 0.4) is 0 Å². The third-order valence-corrected chi connectivity index (χ3v) is 7.00. The fourth-order valence-corrected chi connectivity index (χ4v) is 4.65. The molecule has 0 aliphatic heterocycles. The number of alkyl carbamates (subject to hydrolysis) is 2. The van der Waals surface area contributed by atoms with Gasteiger partial charge in [-0.2, -0.15) is 0 Å². The van der Waals surface area contributed by atoms with Crippen LogP contribution in [0.1, 0.15) is 90.9 Å². The first kappa shape index (κ1) is 42.0. The van der Waals surface area contributed by atoms with Gasteiger partial charge in [0.05, 0.1) is 13.1 Å². The molecule has 0 radical (unpaired) electrons. The van der Waals surface area contributed by atoms with E-state index < -0.39 is 30.5 Å². The monoisotopic (exact) mass is 756 g/mol. The lowest BCUT2D eigenvalue weighted by Gasteiger charge is -2.19. The second-order valence-corrected chi connectivity index (χ2v) is 14.0. The van der Waals surface area contributed by atoms with Gasteiger partial charge in [-0.15, -0.1) is 0 Å². The van der Waals surface area contributed by atoms with Gasteiger partial charge in [0.15, 0.2) is 0 Å². The predicted molar refractivity (Wildman–Crippen MR) is 197 cm³/mol. The summed E-state index contributed by atoms with van der Waals surface area (Å²) < 4.78 is 22.2. The third kappa shape index (κ3) is 16.5. The summed E-state index contributed by atoms with van der Waals surface area (Å²) in [4.78, 5) is 31.1. The minimum atomic E-state index is -1.65. The number of hydrogen-bond acceptors (Lipinski definition) is 10. The van der Waals surface area contributed by atoms with Crippen LogP contribution in [-0.2, 0) is 35.4 Å². The summed E-state index contributed by atoms with van der Waals surface area (Å²) in [5, 5.41) is 22.8. The molecule has 0 aliphatic carbocycles. The van der Waals surface area contributed by atoms with Crippen molar-refractivity contribution in [2.45, 2.75) is 105 Å². The van der Waals surface area contributed by atoms with Crippen LogP contribution in [0.4, 0.5) is 9.59 Å². The molecule has 0 fully saturated rings. The van der Waals surface area contributed by atoms with Crippen molar-refractivity contribution in [1.82, 2.24) is 20.6 Å². The van der Waals surface area contributed by atoms with Crippen LogP contribution in [0.15, 0.2) is 74.5 Å². The van der Waals surface area contributed by atoms with Gasteiger partial charge in [0.2, 0.25) is 0 Å². The molecular formula is C36H50BBrN4O8. The SMILES string of the molecule is CC(C)(C)OC(=O)NCc1ccc(B(O)O)o1.CCCc1ccncc1-c1ccc(CNC(=O)OC(C)(C)C)o1.CCCc1ccncc1Br. The van der Waals surface area contributed by atoms with Gasteiger partial charge >= 0.3 is 19.3 Å². The molecule has 14 heteroatoms. The second kappa shape index (κ2) is 20.5. The summed E-state index contributed by atoms with van der Waals surface area (Å²) in [7, 11) is -1.65. The standard InChI is InChI=1S/C18H24N2O3.C10H16BNO5.C8H10BrN/c1-5-6-13-9-10-19-12-15(13)16-8-7-14(22-16)11-20-17(21)23-18(2,3)4;1-10(2,3)17-9(13)12-6-7-4-5-8(16-7)11(14)15;1-2-3-7-4-5-10-6-8(7)9/h7-10,12H,5-6,11H2,1-4H3,(H,20,21);4-5,14-15H,6H2,1-3H3,(H,12,13);4-6H,2-3H2,1H3. The van der Waals surface area contributed by atoms with Crippen LogP contribution in [0, 0.1) is 0 Å². The minimum Gasteiger partial charge on any atom is -0.468 e. The summed E-state index contributed by atoms with van der Waals surface area (Å²) in [5.74, 6) is 1.86. The molecule has 0 spiro atoms. The molecule has 0 saturated carbocycles. The Hall–Kier alpha value is -4.14. The maximum Gasteiger partial charge on any atom is 0.526 e. The number of carbonyl (C=O) groups excluding carboxylic acids is 2. The quantitative estimate of drug-likeness (QED) is 0.123. The molecule has 0 saturated heterocycles. The van der Waals surface area contributed by atoms with Crippen LogP contribution >= 0.6 is 15.9 Å². The number of carbonyl (C=O) groups is 2. The summed E-state index contributed by atoms with van der Waals surface area (Å²) in [5.41, 5.74) is 2.52. The smallest absolute Gasteiger partial charge is 0.468 e. The summed E-state index contributed by atoms with van der Waals surface area (Å²) in [6, 6.07) is 10.8. The second-order valence-electron chi connectivity index (χ2n) is 13.2. The zero-order chi connectivity index (χ0) is 37.3. The van der Waals surface area contributed by atoms with Crippen molar-refractivity contribution in [2.75, 3.05) is 0 Å². The molecule has 4 aromatic rings. The molecule has 0 aliphatic rings. The Morgan fingerprint density at radius 1 is 0.760 bits per heavy atom. The Balaban J connectivity index is 0.000000281. The topological polar surface area (TPSA) is 169 Å².